The van der Waals surface area contributed by atoms with Gasteiger partial charge in [0, 0.05) is 12.7 Å². The molecule has 4 rings (SSSR count). The van der Waals surface area contributed by atoms with E-state index in [0.29, 0.717) is 24.6 Å². The Labute approximate surface area is 184 Å². The van der Waals surface area contributed by atoms with E-state index < -0.39 is 0 Å². The summed E-state index contributed by atoms with van der Waals surface area (Å²) in [5, 5.41) is 8.15. The SMILES string of the molecule is COc1cccc(CCNC(=O)c2nc(NC(C)c3ccccn3)nc3ccsc23)c1. The number of nitrogens with one attached hydrogen (secondary N) is 2. The molecular weight excluding hydrogens is 410 g/mol. The number of anilines is 1. The molecule has 3 aromatic heterocycles. The molecule has 0 spiro atoms. The summed E-state index contributed by atoms with van der Waals surface area (Å²) >= 11 is 1.46. The topological polar surface area (TPSA) is 89.0 Å². The van der Waals surface area contributed by atoms with Crippen LogP contribution in [0.2, 0.25) is 0 Å². The number of rotatable bonds is 8. The molecule has 158 valence electrons. The Hall–Kier alpha value is -3.52. The monoisotopic (exact) mass is 433 g/mol. The predicted octanol–water partition coefficient (Wildman–Crippen LogP) is 4.24. The highest BCUT2D eigenvalue weighted by Gasteiger charge is 2.17. The van der Waals surface area contributed by atoms with Gasteiger partial charge in [0.2, 0.25) is 5.95 Å². The van der Waals surface area contributed by atoms with Crippen LogP contribution in [0.1, 0.15) is 34.7 Å². The lowest BCUT2D eigenvalue weighted by molar-refractivity contribution is 0.0951. The number of nitrogens with zero attached hydrogens (tertiary/aromatic N) is 3. The summed E-state index contributed by atoms with van der Waals surface area (Å²) in [4.78, 5) is 26.4. The summed E-state index contributed by atoms with van der Waals surface area (Å²) in [6.45, 7) is 2.48. The van der Waals surface area contributed by atoms with E-state index in [1.165, 1.54) is 11.3 Å². The van der Waals surface area contributed by atoms with Crippen LogP contribution < -0.4 is 15.4 Å². The van der Waals surface area contributed by atoms with Gasteiger partial charge in [-0.15, -0.1) is 11.3 Å². The molecule has 31 heavy (non-hydrogen) atoms. The molecule has 3 heterocycles. The number of carbonyl (C=O) groups is 1. The molecule has 1 aromatic carbocycles. The van der Waals surface area contributed by atoms with Gasteiger partial charge in [0.05, 0.1) is 29.1 Å². The van der Waals surface area contributed by atoms with Crippen LogP contribution >= 0.6 is 11.3 Å². The first-order valence-electron chi connectivity index (χ1n) is 9.98. The van der Waals surface area contributed by atoms with Crippen molar-refractivity contribution < 1.29 is 9.53 Å². The first kappa shape index (κ1) is 20.7. The maximum absolute atomic E-state index is 12.9. The van der Waals surface area contributed by atoms with E-state index in [0.717, 1.165) is 27.2 Å². The zero-order valence-electron chi connectivity index (χ0n) is 17.3. The second-order valence-corrected chi connectivity index (χ2v) is 7.92. The van der Waals surface area contributed by atoms with E-state index in [1.54, 1.807) is 13.3 Å². The van der Waals surface area contributed by atoms with Gasteiger partial charge in [-0.05, 0) is 54.6 Å². The minimum atomic E-state index is -0.216. The van der Waals surface area contributed by atoms with Gasteiger partial charge in [-0.25, -0.2) is 9.97 Å². The Balaban J connectivity index is 1.48. The van der Waals surface area contributed by atoms with Crippen molar-refractivity contribution in [2.24, 2.45) is 0 Å². The Bertz CT molecular complexity index is 1180. The average molecular weight is 434 g/mol. The highest BCUT2D eigenvalue weighted by molar-refractivity contribution is 7.17. The zero-order valence-corrected chi connectivity index (χ0v) is 18.1. The molecule has 0 saturated heterocycles. The van der Waals surface area contributed by atoms with E-state index in [9.17, 15) is 4.79 Å². The van der Waals surface area contributed by atoms with Crippen LogP contribution in [0, 0.1) is 0 Å². The third-order valence-corrected chi connectivity index (χ3v) is 5.74. The van der Waals surface area contributed by atoms with Crippen molar-refractivity contribution in [1.82, 2.24) is 20.3 Å². The molecule has 1 unspecified atom stereocenters. The van der Waals surface area contributed by atoms with Crippen molar-refractivity contribution in [3.63, 3.8) is 0 Å². The van der Waals surface area contributed by atoms with Crippen molar-refractivity contribution >= 4 is 33.4 Å². The van der Waals surface area contributed by atoms with Gasteiger partial charge in [-0.3, -0.25) is 9.78 Å². The van der Waals surface area contributed by atoms with Crippen LogP contribution in [0.15, 0.2) is 60.1 Å². The Morgan fingerprint density at radius 3 is 2.87 bits per heavy atom. The highest BCUT2D eigenvalue weighted by atomic mass is 32.1. The van der Waals surface area contributed by atoms with Crippen molar-refractivity contribution in [2.45, 2.75) is 19.4 Å². The predicted molar refractivity (Wildman–Crippen MR) is 123 cm³/mol. The number of aromatic nitrogens is 3. The lowest BCUT2D eigenvalue weighted by Crippen LogP contribution is -2.27. The number of hydrogen-bond acceptors (Lipinski definition) is 7. The molecule has 2 N–H and O–H groups in total. The summed E-state index contributed by atoms with van der Waals surface area (Å²) < 4.78 is 6.03. The van der Waals surface area contributed by atoms with E-state index in [4.69, 9.17) is 4.74 Å². The van der Waals surface area contributed by atoms with Gasteiger partial charge in [0.15, 0.2) is 5.69 Å². The molecule has 0 aliphatic rings. The van der Waals surface area contributed by atoms with Gasteiger partial charge >= 0.3 is 0 Å². The second-order valence-electron chi connectivity index (χ2n) is 7.01. The van der Waals surface area contributed by atoms with Gasteiger partial charge in [-0.1, -0.05) is 18.2 Å². The molecular formula is C23H23N5O2S. The molecule has 0 radical (unpaired) electrons. The maximum atomic E-state index is 12.9. The van der Waals surface area contributed by atoms with Crippen LogP contribution in [0.3, 0.4) is 0 Å². The molecule has 1 amide bonds. The fourth-order valence-corrected chi connectivity index (χ4v) is 4.03. The largest absolute Gasteiger partial charge is 0.497 e. The lowest BCUT2D eigenvalue weighted by Gasteiger charge is -2.14. The molecule has 7 nitrogen and oxygen atoms in total. The molecule has 8 heteroatoms. The smallest absolute Gasteiger partial charge is 0.271 e. The number of pyridine rings is 1. The van der Waals surface area contributed by atoms with Gasteiger partial charge in [-0.2, -0.15) is 0 Å². The standard InChI is InChI=1S/C23H23N5O2S/c1-15(18-8-3-4-11-24-18)26-23-27-19-10-13-31-21(19)20(28-23)22(29)25-12-9-16-6-5-7-17(14-16)30-2/h3-8,10-11,13-15H,9,12H2,1-2H3,(H,25,29)(H,26,27,28). The van der Waals surface area contributed by atoms with Crippen LogP contribution in [0.25, 0.3) is 10.2 Å². The minimum absolute atomic E-state index is 0.0961. The number of hydrogen-bond donors (Lipinski definition) is 2. The highest BCUT2D eigenvalue weighted by Crippen LogP contribution is 2.25. The van der Waals surface area contributed by atoms with Crippen LogP contribution in [-0.4, -0.2) is 34.5 Å². The van der Waals surface area contributed by atoms with Crippen molar-refractivity contribution in [1.29, 1.82) is 0 Å². The number of ether oxygens (including phenoxy) is 1. The molecule has 1 atom stereocenters. The van der Waals surface area contributed by atoms with Crippen LogP contribution in [0.5, 0.6) is 5.75 Å². The summed E-state index contributed by atoms with van der Waals surface area (Å²) in [6.07, 6.45) is 2.45. The number of thiophene rings is 1. The number of methoxy groups -OCH3 is 1. The quantitative estimate of drug-likeness (QED) is 0.432. The van der Waals surface area contributed by atoms with Gasteiger partial charge < -0.3 is 15.4 Å². The van der Waals surface area contributed by atoms with Crippen LogP contribution in [0.4, 0.5) is 5.95 Å². The summed E-state index contributed by atoms with van der Waals surface area (Å²) in [5.41, 5.74) is 3.09. The number of fused-ring (bicyclic) bond motifs is 1. The Morgan fingerprint density at radius 1 is 1.16 bits per heavy atom. The Morgan fingerprint density at radius 2 is 2.06 bits per heavy atom. The molecule has 0 fully saturated rings. The minimum Gasteiger partial charge on any atom is -0.497 e. The maximum Gasteiger partial charge on any atom is 0.271 e. The zero-order chi connectivity index (χ0) is 21.6. The third-order valence-electron chi connectivity index (χ3n) is 4.83. The fraction of sp³-hybridized carbons (Fsp3) is 0.217. The molecule has 0 aliphatic carbocycles. The fourth-order valence-electron chi connectivity index (χ4n) is 3.21. The van der Waals surface area contributed by atoms with Crippen molar-refractivity contribution in [2.75, 3.05) is 19.0 Å². The third kappa shape index (κ3) is 4.97. The normalized spacial score (nSPS) is 11.8. The first-order chi connectivity index (χ1) is 15.1. The van der Waals surface area contributed by atoms with E-state index in [-0.39, 0.29) is 11.9 Å². The van der Waals surface area contributed by atoms with Gasteiger partial charge in [0.1, 0.15) is 5.75 Å². The Kier molecular flexibility index (Phi) is 6.37. The summed E-state index contributed by atoms with van der Waals surface area (Å²) in [6, 6.07) is 15.4. The van der Waals surface area contributed by atoms with E-state index in [1.807, 2.05) is 60.8 Å². The number of carbonyl (C=O) groups excluding carboxylic acids is 1. The average Bonchev–Trinajstić information content (AvgIpc) is 3.28. The van der Waals surface area contributed by atoms with E-state index in [2.05, 4.69) is 25.6 Å². The van der Waals surface area contributed by atoms with Crippen molar-refractivity contribution in [3.8, 4) is 5.75 Å². The molecule has 0 saturated carbocycles. The van der Waals surface area contributed by atoms with Gasteiger partial charge in [0.25, 0.3) is 5.91 Å². The number of benzene rings is 1. The number of amides is 1. The van der Waals surface area contributed by atoms with Crippen molar-refractivity contribution in [3.05, 3.63) is 77.1 Å². The lowest BCUT2D eigenvalue weighted by atomic mass is 10.1. The molecule has 4 aromatic rings. The molecule has 0 bridgehead atoms. The summed E-state index contributed by atoms with van der Waals surface area (Å²) in [5.74, 6) is 0.992. The second kappa shape index (κ2) is 9.53. The van der Waals surface area contributed by atoms with Crippen LogP contribution in [-0.2, 0) is 6.42 Å². The molecule has 0 aliphatic heterocycles. The first-order valence-corrected chi connectivity index (χ1v) is 10.9. The van der Waals surface area contributed by atoms with E-state index >= 15 is 0 Å². The summed E-state index contributed by atoms with van der Waals surface area (Å²) in [7, 11) is 1.64.